The highest BCUT2D eigenvalue weighted by atomic mass is 19.1. The second-order valence-corrected chi connectivity index (χ2v) is 9.80. The molecule has 2 aromatic carbocycles. The summed E-state index contributed by atoms with van der Waals surface area (Å²) < 4.78 is 27.7. The summed E-state index contributed by atoms with van der Waals surface area (Å²) in [4.78, 5) is 32.4. The zero-order valence-electron chi connectivity index (χ0n) is 20.1. The summed E-state index contributed by atoms with van der Waals surface area (Å²) in [5.74, 6) is -0.134. The normalized spacial score (nSPS) is 22.2. The zero-order valence-corrected chi connectivity index (χ0v) is 20.1. The molecule has 8 heteroatoms. The SMILES string of the molecule is CC(=O)N1CCN(C(=O)CCCN2CC[C@@H]3[C@@H](C2)c2cc(F)ccc2N3c2ccc(F)cc2)CC1. The van der Waals surface area contributed by atoms with Gasteiger partial charge in [-0.05, 0) is 67.4 Å². The minimum absolute atomic E-state index is 0.0619. The number of halogens is 2. The maximum Gasteiger partial charge on any atom is 0.222 e. The molecule has 0 radical (unpaired) electrons. The van der Waals surface area contributed by atoms with Crippen molar-refractivity contribution in [2.24, 2.45) is 0 Å². The third-order valence-corrected chi connectivity index (χ3v) is 7.69. The van der Waals surface area contributed by atoms with E-state index in [9.17, 15) is 18.4 Å². The zero-order chi connectivity index (χ0) is 24.5. The molecule has 0 unspecified atom stereocenters. The Morgan fingerprint density at radius 2 is 1.60 bits per heavy atom. The predicted octanol–water partition coefficient (Wildman–Crippen LogP) is 3.75. The number of piperidine rings is 1. The second kappa shape index (κ2) is 9.93. The third-order valence-electron chi connectivity index (χ3n) is 7.69. The number of likely N-dealkylation sites (tertiary alicyclic amines) is 1. The van der Waals surface area contributed by atoms with Crippen LogP contribution in [0.4, 0.5) is 20.2 Å². The van der Waals surface area contributed by atoms with Crippen LogP contribution in [-0.2, 0) is 9.59 Å². The number of nitrogens with zero attached hydrogens (tertiary/aromatic N) is 4. The Bertz CT molecular complexity index is 1090. The van der Waals surface area contributed by atoms with Crippen LogP contribution in [0.15, 0.2) is 42.5 Å². The predicted molar refractivity (Wildman–Crippen MR) is 131 cm³/mol. The van der Waals surface area contributed by atoms with Gasteiger partial charge >= 0.3 is 0 Å². The lowest BCUT2D eigenvalue weighted by Gasteiger charge is -2.39. The lowest BCUT2D eigenvalue weighted by molar-refractivity contribution is -0.138. The van der Waals surface area contributed by atoms with E-state index in [0.29, 0.717) is 32.6 Å². The van der Waals surface area contributed by atoms with E-state index < -0.39 is 0 Å². The van der Waals surface area contributed by atoms with Crippen molar-refractivity contribution in [1.82, 2.24) is 14.7 Å². The van der Waals surface area contributed by atoms with Crippen LogP contribution in [0.5, 0.6) is 0 Å². The molecule has 0 spiro atoms. The molecule has 0 N–H and O–H groups in total. The van der Waals surface area contributed by atoms with E-state index in [4.69, 9.17) is 0 Å². The maximum atomic E-state index is 14.2. The van der Waals surface area contributed by atoms with E-state index >= 15 is 0 Å². The Morgan fingerprint density at radius 1 is 0.914 bits per heavy atom. The largest absolute Gasteiger partial charge is 0.339 e. The quantitative estimate of drug-likeness (QED) is 0.652. The van der Waals surface area contributed by atoms with Crippen molar-refractivity contribution in [3.63, 3.8) is 0 Å². The molecular formula is C27H32F2N4O2. The van der Waals surface area contributed by atoms with Crippen molar-refractivity contribution in [2.45, 2.75) is 38.1 Å². The molecule has 2 amide bonds. The Morgan fingerprint density at radius 3 is 2.31 bits per heavy atom. The van der Waals surface area contributed by atoms with Gasteiger partial charge in [-0.15, -0.1) is 0 Å². The summed E-state index contributed by atoms with van der Waals surface area (Å²) in [7, 11) is 0. The van der Waals surface area contributed by atoms with E-state index in [1.54, 1.807) is 30.0 Å². The van der Waals surface area contributed by atoms with Crippen molar-refractivity contribution < 1.29 is 18.4 Å². The van der Waals surface area contributed by atoms with Gasteiger partial charge in [-0.2, -0.15) is 0 Å². The molecule has 0 aliphatic carbocycles. The van der Waals surface area contributed by atoms with Crippen molar-refractivity contribution >= 4 is 23.2 Å². The van der Waals surface area contributed by atoms with Gasteiger partial charge in [0.25, 0.3) is 0 Å². The fourth-order valence-corrected chi connectivity index (χ4v) is 5.86. The maximum absolute atomic E-state index is 14.2. The molecule has 6 nitrogen and oxygen atoms in total. The van der Waals surface area contributed by atoms with Crippen molar-refractivity contribution in [3.05, 3.63) is 59.7 Å². The summed E-state index contributed by atoms with van der Waals surface area (Å²) >= 11 is 0. The van der Waals surface area contributed by atoms with Gasteiger partial charge in [0.15, 0.2) is 0 Å². The van der Waals surface area contributed by atoms with Crippen molar-refractivity contribution in [2.75, 3.05) is 50.7 Å². The van der Waals surface area contributed by atoms with Crippen LogP contribution >= 0.6 is 0 Å². The number of anilines is 2. The molecular weight excluding hydrogens is 450 g/mol. The Kier molecular flexibility index (Phi) is 6.73. The molecule has 3 aliphatic rings. The van der Waals surface area contributed by atoms with Crippen LogP contribution in [0.1, 0.15) is 37.7 Å². The number of fused-ring (bicyclic) bond motifs is 3. The van der Waals surface area contributed by atoms with Crippen LogP contribution in [-0.4, -0.2) is 78.4 Å². The van der Waals surface area contributed by atoms with Crippen LogP contribution in [0.3, 0.4) is 0 Å². The number of carbonyl (C=O) groups excluding carboxylic acids is 2. The van der Waals surface area contributed by atoms with Gasteiger partial charge in [0.1, 0.15) is 11.6 Å². The highest BCUT2D eigenvalue weighted by Crippen LogP contribution is 2.48. The number of amides is 2. The second-order valence-electron chi connectivity index (χ2n) is 9.80. The molecule has 2 saturated heterocycles. The number of hydrogen-bond donors (Lipinski definition) is 0. The van der Waals surface area contributed by atoms with Gasteiger partial charge in [0.05, 0.1) is 0 Å². The highest BCUT2D eigenvalue weighted by Gasteiger charge is 2.42. The van der Waals surface area contributed by atoms with Gasteiger partial charge in [0, 0.05) is 75.9 Å². The van der Waals surface area contributed by atoms with Crippen LogP contribution in [0, 0.1) is 11.6 Å². The molecule has 3 heterocycles. The summed E-state index contributed by atoms with van der Waals surface area (Å²) in [6.45, 7) is 6.53. The molecule has 0 bridgehead atoms. The third kappa shape index (κ3) is 4.89. The molecule has 186 valence electrons. The van der Waals surface area contributed by atoms with E-state index in [1.807, 2.05) is 11.0 Å². The minimum Gasteiger partial charge on any atom is -0.339 e. The number of piperazine rings is 1. The minimum atomic E-state index is -0.270. The first-order chi connectivity index (χ1) is 16.9. The standard InChI is InChI=1S/C27H32F2N4O2/c1-19(34)31-13-15-32(16-14-31)27(35)3-2-11-30-12-10-26-24(18-30)23-17-21(29)6-9-25(23)33(26)22-7-4-20(28)5-8-22/h4-9,17,24,26H,2-3,10-16,18H2,1H3/t24-,26+/m0/s1. The molecule has 3 aliphatic heterocycles. The topological polar surface area (TPSA) is 47.1 Å². The van der Waals surface area contributed by atoms with E-state index in [1.165, 1.54) is 18.2 Å². The summed E-state index contributed by atoms with van der Waals surface area (Å²) in [6.07, 6.45) is 2.19. The average molecular weight is 483 g/mol. The van der Waals surface area contributed by atoms with E-state index in [2.05, 4.69) is 9.80 Å². The van der Waals surface area contributed by atoms with Crippen molar-refractivity contribution in [1.29, 1.82) is 0 Å². The molecule has 2 fully saturated rings. The van der Waals surface area contributed by atoms with Crippen LogP contribution in [0.2, 0.25) is 0 Å². The average Bonchev–Trinajstić information content (AvgIpc) is 3.17. The van der Waals surface area contributed by atoms with Crippen molar-refractivity contribution in [3.8, 4) is 0 Å². The molecule has 2 atom stereocenters. The monoisotopic (exact) mass is 482 g/mol. The van der Waals surface area contributed by atoms with Gasteiger partial charge in [-0.3, -0.25) is 9.59 Å². The van der Waals surface area contributed by atoms with E-state index in [-0.39, 0.29) is 35.4 Å². The van der Waals surface area contributed by atoms with Gasteiger partial charge in [0.2, 0.25) is 11.8 Å². The summed E-state index contributed by atoms with van der Waals surface area (Å²) in [6, 6.07) is 11.7. The van der Waals surface area contributed by atoms with Gasteiger partial charge in [-0.1, -0.05) is 0 Å². The van der Waals surface area contributed by atoms with Crippen LogP contribution < -0.4 is 4.90 Å². The molecule has 35 heavy (non-hydrogen) atoms. The van der Waals surface area contributed by atoms with Crippen LogP contribution in [0.25, 0.3) is 0 Å². The molecule has 0 saturated carbocycles. The lowest BCUT2D eigenvalue weighted by atomic mass is 9.89. The number of benzene rings is 2. The smallest absolute Gasteiger partial charge is 0.222 e. The van der Waals surface area contributed by atoms with E-state index in [0.717, 1.165) is 49.4 Å². The highest BCUT2D eigenvalue weighted by molar-refractivity contribution is 5.77. The summed E-state index contributed by atoms with van der Waals surface area (Å²) in [5.41, 5.74) is 2.92. The Balaban J connectivity index is 1.20. The fraction of sp³-hybridized carbons (Fsp3) is 0.481. The molecule has 2 aromatic rings. The number of rotatable bonds is 5. The Hall–Kier alpha value is -3.00. The lowest BCUT2D eigenvalue weighted by Crippen LogP contribution is -2.50. The van der Waals surface area contributed by atoms with Gasteiger partial charge in [-0.25, -0.2) is 8.78 Å². The fourth-order valence-electron chi connectivity index (χ4n) is 5.86. The first-order valence-electron chi connectivity index (χ1n) is 12.5. The summed E-state index contributed by atoms with van der Waals surface area (Å²) in [5, 5.41) is 0. The first-order valence-corrected chi connectivity index (χ1v) is 12.5. The molecule has 5 rings (SSSR count). The number of hydrogen-bond acceptors (Lipinski definition) is 4. The molecule has 0 aromatic heterocycles. The van der Waals surface area contributed by atoms with Gasteiger partial charge < -0.3 is 19.6 Å². The Labute approximate surface area is 205 Å². The first kappa shape index (κ1) is 23.7. The number of carbonyl (C=O) groups is 2.